The second kappa shape index (κ2) is 3.99. The molecule has 0 saturated heterocycles. The zero-order valence-corrected chi connectivity index (χ0v) is 7.27. The van der Waals surface area contributed by atoms with Gasteiger partial charge in [0.05, 0.1) is 0 Å². The van der Waals surface area contributed by atoms with E-state index in [1.54, 1.807) is 0 Å². The molecule has 0 heterocycles. The quantitative estimate of drug-likeness (QED) is 0.618. The molecule has 0 aliphatic rings. The number of rotatable bonds is 2. The molecular formula is C10H9F2N. The first-order chi connectivity index (χ1) is 6.15. The van der Waals surface area contributed by atoms with Crippen LogP contribution in [0.2, 0.25) is 0 Å². The lowest BCUT2D eigenvalue weighted by Gasteiger charge is -2.01. The summed E-state index contributed by atoms with van der Waals surface area (Å²) in [5.74, 6) is -0.844. The van der Waals surface area contributed by atoms with Crippen molar-refractivity contribution in [2.45, 2.75) is 13.3 Å². The average Bonchev–Trinajstić information content (AvgIpc) is 2.09. The minimum Gasteiger partial charge on any atom is -0.317 e. The maximum atomic E-state index is 13.1. The first-order valence-electron chi connectivity index (χ1n) is 3.93. The van der Waals surface area contributed by atoms with Crippen molar-refractivity contribution in [3.05, 3.63) is 46.3 Å². The molecule has 0 aromatic heterocycles. The Morgan fingerprint density at radius 1 is 1.31 bits per heavy atom. The smallest absolute Gasteiger partial charge is 0.218 e. The highest BCUT2D eigenvalue weighted by molar-refractivity contribution is 5.25. The number of benzene rings is 1. The summed E-state index contributed by atoms with van der Waals surface area (Å²) in [6.45, 7) is 8.23. The van der Waals surface area contributed by atoms with Gasteiger partial charge < -0.3 is 4.85 Å². The fourth-order valence-electron chi connectivity index (χ4n) is 1.06. The highest BCUT2D eigenvalue weighted by Crippen LogP contribution is 2.14. The third-order valence-corrected chi connectivity index (χ3v) is 1.82. The molecule has 0 unspecified atom stereocenters. The monoisotopic (exact) mass is 181 g/mol. The van der Waals surface area contributed by atoms with Crippen LogP contribution in [-0.4, -0.2) is 6.54 Å². The van der Waals surface area contributed by atoms with Gasteiger partial charge >= 0.3 is 0 Å². The lowest BCUT2D eigenvalue weighted by Crippen LogP contribution is -1.96. The van der Waals surface area contributed by atoms with Crippen LogP contribution in [0.3, 0.4) is 0 Å². The van der Waals surface area contributed by atoms with Gasteiger partial charge in [-0.2, -0.15) is 0 Å². The summed E-state index contributed by atoms with van der Waals surface area (Å²) >= 11 is 0. The van der Waals surface area contributed by atoms with Gasteiger partial charge in [-0.1, -0.05) is 0 Å². The van der Waals surface area contributed by atoms with Gasteiger partial charge in [0.2, 0.25) is 6.54 Å². The van der Waals surface area contributed by atoms with Crippen molar-refractivity contribution in [2.75, 3.05) is 6.54 Å². The van der Waals surface area contributed by atoms with E-state index in [1.807, 2.05) is 0 Å². The largest absolute Gasteiger partial charge is 0.317 e. The van der Waals surface area contributed by atoms with Crippen LogP contribution in [0.4, 0.5) is 8.78 Å². The average molecular weight is 181 g/mol. The molecule has 1 rings (SSSR count). The summed E-state index contributed by atoms with van der Waals surface area (Å²) in [7, 11) is 0. The molecule has 0 spiro atoms. The van der Waals surface area contributed by atoms with Crippen LogP contribution in [0, 0.1) is 25.1 Å². The standard InChI is InChI=1S/C10H9F2N/c1-7-5-10(12)8(3-4-13-2)6-9(7)11/h5-6H,3-4H2,1H3. The molecule has 0 N–H and O–H groups in total. The predicted molar refractivity (Wildman–Crippen MR) is 46.3 cm³/mol. The van der Waals surface area contributed by atoms with Gasteiger partial charge in [-0.05, 0) is 30.2 Å². The second-order valence-corrected chi connectivity index (χ2v) is 2.82. The van der Waals surface area contributed by atoms with E-state index in [9.17, 15) is 8.78 Å². The normalized spacial score (nSPS) is 9.69. The van der Waals surface area contributed by atoms with Crippen LogP contribution in [0.15, 0.2) is 12.1 Å². The van der Waals surface area contributed by atoms with E-state index in [2.05, 4.69) is 4.85 Å². The van der Waals surface area contributed by atoms with Crippen LogP contribution in [0.5, 0.6) is 0 Å². The third-order valence-electron chi connectivity index (χ3n) is 1.82. The molecule has 0 bridgehead atoms. The van der Waals surface area contributed by atoms with Gasteiger partial charge in [-0.15, -0.1) is 0 Å². The zero-order valence-electron chi connectivity index (χ0n) is 7.27. The lowest BCUT2D eigenvalue weighted by atomic mass is 10.1. The van der Waals surface area contributed by atoms with Crippen LogP contribution >= 0.6 is 0 Å². The molecule has 0 atom stereocenters. The Balaban J connectivity index is 2.96. The molecule has 3 heteroatoms. The van der Waals surface area contributed by atoms with Gasteiger partial charge in [-0.3, -0.25) is 0 Å². The number of hydrogen-bond acceptors (Lipinski definition) is 0. The molecule has 0 saturated carbocycles. The Kier molecular flexibility index (Phi) is 2.97. The molecule has 0 aliphatic heterocycles. The van der Waals surface area contributed by atoms with Crippen LogP contribution in [-0.2, 0) is 6.42 Å². The van der Waals surface area contributed by atoms with Gasteiger partial charge in [0.25, 0.3) is 0 Å². The number of nitrogens with zero attached hydrogens (tertiary/aromatic N) is 1. The van der Waals surface area contributed by atoms with E-state index in [-0.39, 0.29) is 18.5 Å². The van der Waals surface area contributed by atoms with Gasteiger partial charge in [0.1, 0.15) is 11.6 Å². The van der Waals surface area contributed by atoms with Crippen molar-refractivity contribution < 1.29 is 8.78 Å². The Morgan fingerprint density at radius 2 is 2.00 bits per heavy atom. The molecule has 1 aromatic rings. The number of halogens is 2. The van der Waals surface area contributed by atoms with E-state index in [4.69, 9.17) is 6.57 Å². The highest BCUT2D eigenvalue weighted by atomic mass is 19.1. The molecule has 68 valence electrons. The summed E-state index contributed by atoms with van der Waals surface area (Å²) in [4.78, 5) is 3.09. The fraction of sp³-hybridized carbons (Fsp3) is 0.300. The summed E-state index contributed by atoms with van der Waals surface area (Å²) in [6, 6.07) is 2.32. The van der Waals surface area contributed by atoms with E-state index in [0.29, 0.717) is 5.56 Å². The topological polar surface area (TPSA) is 4.36 Å². The molecule has 0 radical (unpaired) electrons. The first-order valence-corrected chi connectivity index (χ1v) is 3.93. The van der Waals surface area contributed by atoms with E-state index in [0.717, 1.165) is 12.1 Å². The molecule has 0 amide bonds. The van der Waals surface area contributed by atoms with Crippen molar-refractivity contribution >= 4 is 0 Å². The summed E-state index contributed by atoms with van der Waals surface area (Å²) in [5.41, 5.74) is 0.572. The van der Waals surface area contributed by atoms with Crippen molar-refractivity contribution in [1.82, 2.24) is 0 Å². The van der Waals surface area contributed by atoms with Crippen LogP contribution < -0.4 is 0 Å². The van der Waals surface area contributed by atoms with E-state index in [1.165, 1.54) is 6.92 Å². The van der Waals surface area contributed by atoms with Crippen molar-refractivity contribution in [1.29, 1.82) is 0 Å². The van der Waals surface area contributed by atoms with Gasteiger partial charge in [0, 0.05) is 6.42 Å². The number of hydrogen-bond donors (Lipinski definition) is 0. The van der Waals surface area contributed by atoms with Crippen molar-refractivity contribution in [3.8, 4) is 0 Å². The zero-order chi connectivity index (χ0) is 9.84. The third kappa shape index (κ3) is 2.25. The predicted octanol–water partition coefficient (Wildman–Crippen LogP) is 2.74. The second-order valence-electron chi connectivity index (χ2n) is 2.82. The van der Waals surface area contributed by atoms with Crippen LogP contribution in [0.25, 0.3) is 4.85 Å². The van der Waals surface area contributed by atoms with Crippen molar-refractivity contribution in [3.63, 3.8) is 0 Å². The van der Waals surface area contributed by atoms with Gasteiger partial charge in [0.15, 0.2) is 0 Å². The molecule has 0 fully saturated rings. The molecule has 0 aliphatic carbocycles. The molecule has 1 nitrogen and oxygen atoms in total. The maximum Gasteiger partial charge on any atom is 0.218 e. The van der Waals surface area contributed by atoms with Gasteiger partial charge in [-0.25, -0.2) is 15.4 Å². The molecule has 1 aromatic carbocycles. The summed E-state index contributed by atoms with van der Waals surface area (Å²) in [6.07, 6.45) is 0.270. The van der Waals surface area contributed by atoms with E-state index >= 15 is 0 Å². The minimum atomic E-state index is -0.428. The number of aryl methyl sites for hydroxylation is 1. The Labute approximate surface area is 75.8 Å². The lowest BCUT2D eigenvalue weighted by molar-refractivity contribution is 0.580. The molecular weight excluding hydrogens is 172 g/mol. The van der Waals surface area contributed by atoms with E-state index < -0.39 is 11.6 Å². The summed E-state index contributed by atoms with van der Waals surface area (Å²) in [5, 5.41) is 0. The Morgan fingerprint density at radius 3 is 2.62 bits per heavy atom. The first kappa shape index (κ1) is 9.66. The minimum absolute atomic E-state index is 0.194. The highest BCUT2D eigenvalue weighted by Gasteiger charge is 2.07. The maximum absolute atomic E-state index is 13.1. The van der Waals surface area contributed by atoms with Crippen LogP contribution in [0.1, 0.15) is 11.1 Å². The fourth-order valence-corrected chi connectivity index (χ4v) is 1.06. The SMILES string of the molecule is [C-]#[N+]CCc1cc(F)c(C)cc1F. The molecule has 13 heavy (non-hydrogen) atoms. The Bertz CT molecular complexity index is 353. The summed E-state index contributed by atoms with van der Waals surface area (Å²) < 4.78 is 26.0. The van der Waals surface area contributed by atoms with Crippen molar-refractivity contribution in [2.24, 2.45) is 0 Å². The Hall–Kier alpha value is -1.43.